The lowest BCUT2D eigenvalue weighted by Crippen LogP contribution is -2.50. The number of rotatable bonds is 5. The summed E-state index contributed by atoms with van der Waals surface area (Å²) in [5, 5.41) is 11.7. The Morgan fingerprint density at radius 1 is 1.28 bits per heavy atom. The zero-order valence-corrected chi connectivity index (χ0v) is 15.3. The SMILES string of the molecule is Cc1nnc(NC(=O)CN2CCN(S(=O)(=O)c3cccnc3)CC2)s1. The van der Waals surface area contributed by atoms with E-state index in [0.29, 0.717) is 31.3 Å². The summed E-state index contributed by atoms with van der Waals surface area (Å²) in [6.45, 7) is 3.66. The second-order valence-electron chi connectivity index (χ2n) is 5.54. The van der Waals surface area contributed by atoms with Crippen molar-refractivity contribution in [1.29, 1.82) is 0 Å². The molecule has 1 N–H and O–H groups in total. The number of nitrogens with zero attached hydrogens (tertiary/aromatic N) is 5. The van der Waals surface area contributed by atoms with Crippen LogP contribution in [-0.4, -0.2) is 71.4 Å². The number of anilines is 1. The van der Waals surface area contributed by atoms with E-state index in [9.17, 15) is 13.2 Å². The van der Waals surface area contributed by atoms with Gasteiger partial charge in [-0.3, -0.25) is 20.0 Å². The Morgan fingerprint density at radius 3 is 2.64 bits per heavy atom. The minimum Gasteiger partial charge on any atom is -0.299 e. The summed E-state index contributed by atoms with van der Waals surface area (Å²) in [5.41, 5.74) is 0. The zero-order valence-electron chi connectivity index (χ0n) is 13.6. The van der Waals surface area contributed by atoms with Gasteiger partial charge in [-0.25, -0.2) is 8.42 Å². The first-order valence-corrected chi connectivity index (χ1v) is 9.93. The number of amides is 1. The minimum atomic E-state index is -3.53. The fraction of sp³-hybridized carbons (Fsp3) is 0.429. The molecular formula is C14H18N6O3S2. The molecule has 0 aliphatic carbocycles. The molecule has 1 aliphatic rings. The maximum absolute atomic E-state index is 12.5. The summed E-state index contributed by atoms with van der Waals surface area (Å²) in [7, 11) is -3.53. The minimum absolute atomic E-state index is 0.181. The third-order valence-electron chi connectivity index (χ3n) is 3.74. The van der Waals surface area contributed by atoms with E-state index in [1.807, 2.05) is 11.8 Å². The van der Waals surface area contributed by atoms with Crippen molar-refractivity contribution in [3.8, 4) is 0 Å². The Bertz CT molecular complexity index is 831. The Morgan fingerprint density at radius 2 is 2.04 bits per heavy atom. The molecule has 0 bridgehead atoms. The van der Waals surface area contributed by atoms with Crippen molar-refractivity contribution in [1.82, 2.24) is 24.4 Å². The Hall–Kier alpha value is -1.95. The summed E-state index contributed by atoms with van der Waals surface area (Å²) < 4.78 is 26.5. The van der Waals surface area contributed by atoms with Crippen molar-refractivity contribution in [2.24, 2.45) is 0 Å². The summed E-state index contributed by atoms with van der Waals surface area (Å²) in [4.78, 5) is 18.0. The van der Waals surface area contributed by atoms with Crippen LogP contribution in [0.3, 0.4) is 0 Å². The summed E-state index contributed by atoms with van der Waals surface area (Å²) >= 11 is 1.31. The van der Waals surface area contributed by atoms with Crippen LogP contribution in [0, 0.1) is 6.92 Å². The molecule has 11 heteroatoms. The number of pyridine rings is 1. The van der Waals surface area contributed by atoms with Gasteiger partial charge in [0.1, 0.15) is 9.90 Å². The predicted molar refractivity (Wildman–Crippen MR) is 92.7 cm³/mol. The Kier molecular flexibility index (Phi) is 5.37. The van der Waals surface area contributed by atoms with Crippen molar-refractivity contribution < 1.29 is 13.2 Å². The van der Waals surface area contributed by atoms with Crippen LogP contribution < -0.4 is 5.32 Å². The van der Waals surface area contributed by atoms with Crippen LogP contribution in [0.2, 0.25) is 0 Å². The van der Waals surface area contributed by atoms with E-state index >= 15 is 0 Å². The van der Waals surface area contributed by atoms with Gasteiger partial charge in [-0.1, -0.05) is 11.3 Å². The summed E-state index contributed by atoms with van der Waals surface area (Å²) in [6, 6.07) is 3.13. The first kappa shape index (κ1) is 17.9. The van der Waals surface area contributed by atoms with Crippen molar-refractivity contribution in [2.75, 3.05) is 38.0 Å². The molecule has 3 rings (SSSR count). The highest BCUT2D eigenvalue weighted by atomic mass is 32.2. The van der Waals surface area contributed by atoms with Crippen LogP contribution in [0.15, 0.2) is 29.4 Å². The number of carbonyl (C=O) groups is 1. The first-order chi connectivity index (χ1) is 11.9. The first-order valence-electron chi connectivity index (χ1n) is 7.67. The fourth-order valence-electron chi connectivity index (χ4n) is 2.49. The number of aryl methyl sites for hydroxylation is 1. The molecule has 25 heavy (non-hydrogen) atoms. The van der Waals surface area contributed by atoms with Gasteiger partial charge < -0.3 is 0 Å². The third kappa shape index (κ3) is 4.37. The van der Waals surface area contributed by atoms with Crippen molar-refractivity contribution in [2.45, 2.75) is 11.8 Å². The molecule has 0 unspecified atom stereocenters. The number of piperazine rings is 1. The number of nitrogens with one attached hydrogen (secondary N) is 1. The summed E-state index contributed by atoms with van der Waals surface area (Å²) in [6.07, 6.45) is 2.88. The molecule has 2 aromatic heterocycles. The fourth-order valence-corrected chi connectivity index (χ4v) is 4.48. The molecule has 0 saturated carbocycles. The van der Waals surface area contributed by atoms with Gasteiger partial charge in [0, 0.05) is 38.6 Å². The van der Waals surface area contributed by atoms with Gasteiger partial charge in [-0.15, -0.1) is 10.2 Å². The molecule has 0 spiro atoms. The van der Waals surface area contributed by atoms with Gasteiger partial charge in [-0.2, -0.15) is 4.31 Å². The van der Waals surface area contributed by atoms with Crippen LogP contribution in [0.1, 0.15) is 5.01 Å². The molecule has 2 aromatic rings. The van der Waals surface area contributed by atoms with Gasteiger partial charge in [-0.05, 0) is 19.1 Å². The molecule has 0 atom stereocenters. The smallest absolute Gasteiger partial charge is 0.244 e. The van der Waals surface area contributed by atoms with Gasteiger partial charge in [0.25, 0.3) is 0 Å². The van der Waals surface area contributed by atoms with E-state index in [0.717, 1.165) is 5.01 Å². The van der Waals surface area contributed by atoms with Crippen molar-refractivity contribution in [3.05, 3.63) is 29.5 Å². The van der Waals surface area contributed by atoms with E-state index in [-0.39, 0.29) is 17.3 Å². The summed E-state index contributed by atoms with van der Waals surface area (Å²) in [5.74, 6) is -0.181. The number of carbonyl (C=O) groups excluding carboxylic acids is 1. The van der Waals surface area contributed by atoms with Gasteiger partial charge in [0.05, 0.1) is 6.54 Å². The second kappa shape index (κ2) is 7.52. The lowest BCUT2D eigenvalue weighted by molar-refractivity contribution is -0.117. The highest BCUT2D eigenvalue weighted by Gasteiger charge is 2.29. The monoisotopic (exact) mass is 382 g/mol. The maximum Gasteiger partial charge on any atom is 0.244 e. The van der Waals surface area contributed by atoms with E-state index in [1.54, 1.807) is 6.07 Å². The largest absolute Gasteiger partial charge is 0.299 e. The zero-order chi connectivity index (χ0) is 17.9. The molecule has 1 aliphatic heterocycles. The number of hydrogen-bond donors (Lipinski definition) is 1. The molecular weight excluding hydrogens is 364 g/mol. The molecule has 0 aromatic carbocycles. The lowest BCUT2D eigenvalue weighted by Gasteiger charge is -2.33. The van der Waals surface area contributed by atoms with Gasteiger partial charge in [0.15, 0.2) is 0 Å². The van der Waals surface area contributed by atoms with E-state index < -0.39 is 10.0 Å². The maximum atomic E-state index is 12.5. The van der Waals surface area contributed by atoms with Crippen LogP contribution in [0.5, 0.6) is 0 Å². The molecule has 9 nitrogen and oxygen atoms in total. The highest BCUT2D eigenvalue weighted by Crippen LogP contribution is 2.17. The van der Waals surface area contributed by atoms with Gasteiger partial charge >= 0.3 is 0 Å². The normalized spacial score (nSPS) is 16.7. The van der Waals surface area contributed by atoms with Crippen LogP contribution in [0.4, 0.5) is 5.13 Å². The van der Waals surface area contributed by atoms with E-state index in [1.165, 1.54) is 34.1 Å². The van der Waals surface area contributed by atoms with Crippen molar-refractivity contribution >= 4 is 32.4 Å². The molecule has 0 radical (unpaired) electrons. The topological polar surface area (TPSA) is 108 Å². The lowest BCUT2D eigenvalue weighted by atomic mass is 10.3. The highest BCUT2D eigenvalue weighted by molar-refractivity contribution is 7.89. The molecule has 134 valence electrons. The van der Waals surface area contributed by atoms with Crippen LogP contribution >= 0.6 is 11.3 Å². The Labute approximate surface area is 149 Å². The standard InChI is InChI=1S/C14H18N6O3S2/c1-11-17-18-14(24-11)16-13(21)10-19-5-7-20(8-6-19)25(22,23)12-3-2-4-15-9-12/h2-4,9H,5-8,10H2,1H3,(H,16,18,21). The number of sulfonamides is 1. The average Bonchev–Trinajstić information content (AvgIpc) is 3.01. The van der Waals surface area contributed by atoms with E-state index in [4.69, 9.17) is 0 Å². The number of hydrogen-bond acceptors (Lipinski definition) is 8. The van der Waals surface area contributed by atoms with Crippen LogP contribution in [0.25, 0.3) is 0 Å². The quantitative estimate of drug-likeness (QED) is 0.786. The van der Waals surface area contributed by atoms with Gasteiger partial charge in [0.2, 0.25) is 21.1 Å². The van der Waals surface area contributed by atoms with E-state index in [2.05, 4.69) is 20.5 Å². The molecule has 1 amide bonds. The number of aromatic nitrogens is 3. The third-order valence-corrected chi connectivity index (χ3v) is 6.38. The molecule has 1 saturated heterocycles. The Balaban J connectivity index is 1.52. The van der Waals surface area contributed by atoms with Crippen LogP contribution in [-0.2, 0) is 14.8 Å². The molecule has 1 fully saturated rings. The average molecular weight is 382 g/mol. The second-order valence-corrected chi connectivity index (χ2v) is 8.66. The molecule has 3 heterocycles. The predicted octanol–water partition coefficient (Wildman–Crippen LogP) is 0.187. The van der Waals surface area contributed by atoms with Crippen molar-refractivity contribution in [3.63, 3.8) is 0 Å².